The van der Waals surface area contributed by atoms with Gasteiger partial charge in [-0.25, -0.2) is 4.39 Å². The van der Waals surface area contributed by atoms with Gasteiger partial charge in [0.1, 0.15) is 11.6 Å². The predicted octanol–water partition coefficient (Wildman–Crippen LogP) is 5.38. The van der Waals surface area contributed by atoms with Gasteiger partial charge in [-0.3, -0.25) is 4.79 Å². The van der Waals surface area contributed by atoms with E-state index in [1.807, 2.05) is 54.3 Å². The van der Waals surface area contributed by atoms with Gasteiger partial charge < -0.3 is 19.9 Å². The van der Waals surface area contributed by atoms with Crippen molar-refractivity contribution in [3.63, 3.8) is 0 Å². The number of fused-ring (bicyclic) bond motifs is 1. The number of hydrogen-bond acceptors (Lipinski definition) is 3. The normalized spacial score (nSPS) is 10.8. The molecule has 1 heterocycles. The van der Waals surface area contributed by atoms with Crippen LogP contribution in [0.1, 0.15) is 16.7 Å². The number of aromatic nitrogens is 1. The average molecular weight is 462 g/mol. The van der Waals surface area contributed by atoms with Crippen molar-refractivity contribution in [2.24, 2.45) is 0 Å². The second-order valence-corrected chi connectivity index (χ2v) is 8.24. The largest absolute Gasteiger partial charge is 0.497 e. The summed E-state index contributed by atoms with van der Waals surface area (Å²) >= 11 is 5.70. The van der Waals surface area contributed by atoms with Crippen molar-refractivity contribution in [1.82, 2.24) is 9.88 Å². The van der Waals surface area contributed by atoms with E-state index in [1.54, 1.807) is 25.3 Å². The highest BCUT2D eigenvalue weighted by Gasteiger charge is 2.15. The van der Waals surface area contributed by atoms with Gasteiger partial charge in [0.2, 0.25) is 0 Å². The fourth-order valence-corrected chi connectivity index (χ4v) is 3.78. The van der Waals surface area contributed by atoms with Gasteiger partial charge in [-0.2, -0.15) is 0 Å². The number of methoxy groups -OCH3 is 1. The molecule has 0 saturated carbocycles. The summed E-state index contributed by atoms with van der Waals surface area (Å²) in [6.07, 6.45) is 0. The number of halogens is 1. The van der Waals surface area contributed by atoms with Crippen LogP contribution in [-0.4, -0.2) is 22.1 Å². The molecule has 0 amide bonds. The highest BCUT2D eigenvalue weighted by molar-refractivity contribution is 7.80. The van der Waals surface area contributed by atoms with Crippen LogP contribution in [0.5, 0.6) is 5.75 Å². The van der Waals surface area contributed by atoms with E-state index < -0.39 is 0 Å². The first-order valence-corrected chi connectivity index (χ1v) is 10.9. The van der Waals surface area contributed by atoms with Gasteiger partial charge in [-0.05, 0) is 73.2 Å². The lowest BCUT2D eigenvalue weighted by atomic mass is 10.1. The second kappa shape index (κ2) is 9.83. The quantitative estimate of drug-likeness (QED) is 0.378. The molecule has 0 saturated heterocycles. The minimum atomic E-state index is -0.300. The van der Waals surface area contributed by atoms with E-state index in [0.29, 0.717) is 23.0 Å². The van der Waals surface area contributed by atoms with Gasteiger partial charge in [0.25, 0.3) is 5.56 Å². The molecule has 0 fully saturated rings. The molecule has 0 aliphatic carbocycles. The zero-order valence-corrected chi connectivity index (χ0v) is 19.2. The van der Waals surface area contributed by atoms with Crippen molar-refractivity contribution in [3.05, 3.63) is 106 Å². The highest BCUT2D eigenvalue weighted by atomic mass is 32.1. The molecule has 0 aliphatic heterocycles. The summed E-state index contributed by atoms with van der Waals surface area (Å²) in [5.74, 6) is 0.408. The lowest BCUT2D eigenvalue weighted by Crippen LogP contribution is -2.35. The molecule has 5 nitrogen and oxygen atoms in total. The maximum Gasteiger partial charge on any atom is 0.253 e. The number of nitrogens with zero attached hydrogens (tertiary/aromatic N) is 1. The van der Waals surface area contributed by atoms with Crippen LogP contribution in [0.4, 0.5) is 10.1 Å². The Morgan fingerprint density at radius 3 is 2.45 bits per heavy atom. The summed E-state index contributed by atoms with van der Waals surface area (Å²) in [6.45, 7) is 2.70. The number of pyridine rings is 1. The molecule has 0 unspecified atom stereocenters. The zero-order valence-electron chi connectivity index (χ0n) is 18.4. The van der Waals surface area contributed by atoms with Crippen LogP contribution in [0, 0.1) is 12.7 Å². The maximum absolute atomic E-state index is 13.4. The van der Waals surface area contributed by atoms with Gasteiger partial charge >= 0.3 is 0 Å². The van der Waals surface area contributed by atoms with Crippen LogP contribution in [0.25, 0.3) is 10.9 Å². The van der Waals surface area contributed by atoms with E-state index in [0.717, 1.165) is 27.7 Å². The van der Waals surface area contributed by atoms with Crippen LogP contribution in [-0.2, 0) is 13.1 Å². The van der Waals surface area contributed by atoms with Gasteiger partial charge in [-0.1, -0.05) is 29.8 Å². The number of aromatic amines is 1. The maximum atomic E-state index is 13.4. The van der Waals surface area contributed by atoms with Crippen LogP contribution >= 0.6 is 12.2 Å². The third kappa shape index (κ3) is 5.56. The average Bonchev–Trinajstić information content (AvgIpc) is 2.81. The molecule has 0 bridgehead atoms. The molecular weight excluding hydrogens is 437 g/mol. The van der Waals surface area contributed by atoms with Gasteiger partial charge in [0.05, 0.1) is 13.7 Å². The van der Waals surface area contributed by atoms with Crippen molar-refractivity contribution >= 4 is 33.9 Å². The van der Waals surface area contributed by atoms with Crippen LogP contribution in [0.15, 0.2) is 77.6 Å². The van der Waals surface area contributed by atoms with E-state index in [1.165, 1.54) is 12.1 Å². The molecule has 4 rings (SSSR count). The van der Waals surface area contributed by atoms with E-state index >= 15 is 0 Å². The number of thiocarbonyl (C=S) groups is 1. The first-order chi connectivity index (χ1) is 15.9. The lowest BCUT2D eigenvalue weighted by molar-refractivity contribution is 0.410. The number of hydrogen-bond donors (Lipinski definition) is 2. The fraction of sp³-hybridized carbons (Fsp3) is 0.154. The predicted molar refractivity (Wildman–Crippen MR) is 134 cm³/mol. The summed E-state index contributed by atoms with van der Waals surface area (Å²) in [4.78, 5) is 17.6. The molecule has 7 heteroatoms. The van der Waals surface area contributed by atoms with Gasteiger partial charge in [0.15, 0.2) is 5.11 Å². The molecule has 2 N–H and O–H groups in total. The summed E-state index contributed by atoms with van der Waals surface area (Å²) in [7, 11) is 1.60. The SMILES string of the molecule is COc1ccc2[nH]c(=O)c(CN(Cc3ccc(F)cc3)C(=S)Nc3ccc(C)cc3)cc2c1. The number of anilines is 1. The van der Waals surface area contributed by atoms with Crippen molar-refractivity contribution < 1.29 is 9.13 Å². The number of ether oxygens (including phenoxy) is 1. The highest BCUT2D eigenvalue weighted by Crippen LogP contribution is 2.20. The van der Waals surface area contributed by atoms with E-state index in [2.05, 4.69) is 10.3 Å². The molecular formula is C26H24FN3O2S. The number of aryl methyl sites for hydroxylation is 1. The number of nitrogens with one attached hydrogen (secondary N) is 2. The van der Waals surface area contributed by atoms with Crippen LogP contribution in [0.3, 0.4) is 0 Å². The summed E-state index contributed by atoms with van der Waals surface area (Å²) in [5.41, 5.74) is 3.98. The summed E-state index contributed by atoms with van der Waals surface area (Å²) in [5, 5.41) is 4.58. The molecule has 0 spiro atoms. The molecule has 4 aromatic rings. The Morgan fingerprint density at radius 2 is 1.76 bits per heavy atom. The van der Waals surface area contributed by atoms with E-state index in [4.69, 9.17) is 17.0 Å². The Hall–Kier alpha value is -3.71. The Morgan fingerprint density at radius 1 is 1.03 bits per heavy atom. The molecule has 0 atom stereocenters. The van der Waals surface area contributed by atoms with Crippen molar-refractivity contribution in [1.29, 1.82) is 0 Å². The Labute approximate surface area is 196 Å². The third-order valence-corrected chi connectivity index (χ3v) is 5.73. The van der Waals surface area contributed by atoms with E-state index in [9.17, 15) is 9.18 Å². The number of H-pyrrole nitrogens is 1. The minimum Gasteiger partial charge on any atom is -0.497 e. The van der Waals surface area contributed by atoms with Crippen LogP contribution in [0.2, 0.25) is 0 Å². The smallest absolute Gasteiger partial charge is 0.253 e. The number of benzene rings is 3. The molecule has 1 aromatic heterocycles. The molecule has 0 radical (unpaired) electrons. The first kappa shape index (κ1) is 22.5. The Kier molecular flexibility index (Phi) is 6.70. The minimum absolute atomic E-state index is 0.185. The Balaban J connectivity index is 1.65. The Bertz CT molecular complexity index is 1330. The topological polar surface area (TPSA) is 57.4 Å². The van der Waals surface area contributed by atoms with E-state index in [-0.39, 0.29) is 17.9 Å². The second-order valence-electron chi connectivity index (χ2n) is 7.86. The van der Waals surface area contributed by atoms with Crippen LogP contribution < -0.4 is 15.6 Å². The standard InChI is InChI=1S/C26H24FN3O2S/c1-17-3-9-22(10-4-17)28-26(33)30(15-18-5-7-21(27)8-6-18)16-20-13-19-14-23(32-2)11-12-24(19)29-25(20)31/h3-14H,15-16H2,1-2H3,(H,28,33)(H,29,31). The third-order valence-electron chi connectivity index (χ3n) is 5.37. The zero-order chi connectivity index (χ0) is 23.4. The van der Waals surface area contributed by atoms with Gasteiger partial charge in [-0.15, -0.1) is 0 Å². The molecule has 168 valence electrons. The summed E-state index contributed by atoms with van der Waals surface area (Å²) < 4.78 is 18.7. The van der Waals surface area contributed by atoms with Crippen molar-refractivity contribution in [3.8, 4) is 5.75 Å². The number of rotatable bonds is 6. The van der Waals surface area contributed by atoms with Crippen molar-refractivity contribution in [2.45, 2.75) is 20.0 Å². The van der Waals surface area contributed by atoms with Crippen molar-refractivity contribution in [2.75, 3.05) is 12.4 Å². The first-order valence-electron chi connectivity index (χ1n) is 10.5. The molecule has 33 heavy (non-hydrogen) atoms. The summed E-state index contributed by atoms with van der Waals surface area (Å²) in [6, 6.07) is 21.5. The van der Waals surface area contributed by atoms with Gasteiger partial charge in [0, 0.05) is 28.7 Å². The molecule has 0 aliphatic rings. The fourth-order valence-electron chi connectivity index (χ4n) is 3.53. The lowest BCUT2D eigenvalue weighted by Gasteiger charge is -2.26. The monoisotopic (exact) mass is 461 g/mol. The molecule has 3 aromatic carbocycles.